The lowest BCUT2D eigenvalue weighted by Gasteiger charge is -2.20. The molecule has 1 N–H and O–H groups in total. The standard InChI is InChI=1S/C30H32N4O5S/c1-5-33(6-2)40(37,38)27-19-24(18-17-21(27)3)31-29(35)22(4)39-30(36)26-20-34(25-15-11-8-12-16-25)32-28(26)23-13-9-7-10-14-23/h7-20,22H,5-6H2,1-4H3,(H,31,35)/t22-/m0/s1. The maximum absolute atomic E-state index is 13.3. The summed E-state index contributed by atoms with van der Waals surface area (Å²) in [7, 11) is -3.73. The Bertz CT molecular complexity index is 1600. The highest BCUT2D eigenvalue weighted by Crippen LogP contribution is 2.26. The summed E-state index contributed by atoms with van der Waals surface area (Å²) in [6, 6.07) is 23.3. The van der Waals surface area contributed by atoms with Gasteiger partial charge in [-0.2, -0.15) is 9.40 Å². The van der Waals surface area contributed by atoms with Crippen LogP contribution in [0.1, 0.15) is 36.7 Å². The largest absolute Gasteiger partial charge is 0.449 e. The average Bonchev–Trinajstić information content (AvgIpc) is 3.41. The highest BCUT2D eigenvalue weighted by molar-refractivity contribution is 7.89. The number of rotatable bonds is 10. The minimum absolute atomic E-state index is 0.111. The summed E-state index contributed by atoms with van der Waals surface area (Å²) in [5.74, 6) is -1.31. The van der Waals surface area contributed by atoms with Crippen LogP contribution < -0.4 is 5.32 Å². The van der Waals surface area contributed by atoms with Gasteiger partial charge in [0.1, 0.15) is 11.3 Å². The van der Waals surface area contributed by atoms with Crippen molar-refractivity contribution in [3.63, 3.8) is 0 Å². The van der Waals surface area contributed by atoms with E-state index in [9.17, 15) is 18.0 Å². The number of hydrogen-bond donors (Lipinski definition) is 1. The molecule has 40 heavy (non-hydrogen) atoms. The topological polar surface area (TPSA) is 111 Å². The molecule has 0 saturated carbocycles. The number of aromatic nitrogens is 2. The number of amides is 1. The Labute approximate surface area is 234 Å². The van der Waals surface area contributed by atoms with Crippen LogP contribution in [0, 0.1) is 6.92 Å². The lowest BCUT2D eigenvalue weighted by atomic mass is 10.1. The predicted octanol–water partition coefficient (Wildman–Crippen LogP) is 5.06. The normalized spacial score (nSPS) is 12.2. The molecule has 10 heteroatoms. The number of esters is 1. The van der Waals surface area contributed by atoms with Gasteiger partial charge >= 0.3 is 5.97 Å². The molecule has 0 aliphatic heterocycles. The van der Waals surface area contributed by atoms with Crippen molar-refractivity contribution >= 4 is 27.6 Å². The number of anilines is 1. The second kappa shape index (κ2) is 12.3. The van der Waals surface area contributed by atoms with Crippen LogP contribution in [0.4, 0.5) is 5.69 Å². The van der Waals surface area contributed by atoms with Gasteiger partial charge < -0.3 is 10.1 Å². The van der Waals surface area contributed by atoms with Gasteiger partial charge in [0.15, 0.2) is 6.10 Å². The van der Waals surface area contributed by atoms with Gasteiger partial charge in [0, 0.05) is 30.5 Å². The fraction of sp³-hybridized carbons (Fsp3) is 0.233. The summed E-state index contributed by atoms with van der Waals surface area (Å²) in [4.78, 5) is 26.4. The minimum atomic E-state index is -3.73. The summed E-state index contributed by atoms with van der Waals surface area (Å²) in [6.07, 6.45) is 0.412. The first kappa shape index (κ1) is 28.7. The number of carbonyl (C=O) groups is 2. The Balaban J connectivity index is 1.55. The van der Waals surface area contributed by atoms with E-state index in [0.29, 0.717) is 24.3 Å². The molecule has 4 aromatic rings. The molecule has 0 radical (unpaired) electrons. The van der Waals surface area contributed by atoms with Crippen molar-refractivity contribution in [3.8, 4) is 16.9 Å². The van der Waals surface area contributed by atoms with Crippen molar-refractivity contribution in [2.75, 3.05) is 18.4 Å². The molecule has 0 bridgehead atoms. The van der Waals surface area contributed by atoms with E-state index in [4.69, 9.17) is 4.74 Å². The molecule has 4 rings (SSSR count). The van der Waals surface area contributed by atoms with Crippen LogP contribution in [0.3, 0.4) is 0 Å². The second-order valence-corrected chi connectivity index (χ2v) is 11.1. The third-order valence-electron chi connectivity index (χ3n) is 6.43. The first-order valence-corrected chi connectivity index (χ1v) is 14.4. The molecule has 0 fully saturated rings. The van der Waals surface area contributed by atoms with E-state index in [-0.39, 0.29) is 16.1 Å². The number of sulfonamides is 1. The third-order valence-corrected chi connectivity index (χ3v) is 8.63. The maximum Gasteiger partial charge on any atom is 0.342 e. The maximum atomic E-state index is 13.3. The zero-order valence-electron chi connectivity index (χ0n) is 22.9. The van der Waals surface area contributed by atoms with Crippen molar-refractivity contribution in [1.82, 2.24) is 14.1 Å². The summed E-state index contributed by atoms with van der Waals surface area (Å²) in [5, 5.41) is 7.29. The Morgan fingerprint density at radius 3 is 2.23 bits per heavy atom. The smallest absolute Gasteiger partial charge is 0.342 e. The van der Waals surface area contributed by atoms with E-state index in [0.717, 1.165) is 11.3 Å². The highest BCUT2D eigenvalue weighted by atomic mass is 32.2. The molecule has 1 aromatic heterocycles. The number of para-hydroxylation sites is 1. The van der Waals surface area contributed by atoms with Gasteiger partial charge in [-0.05, 0) is 43.7 Å². The Hall–Kier alpha value is -4.28. The number of nitrogens with zero attached hydrogens (tertiary/aromatic N) is 3. The van der Waals surface area contributed by atoms with E-state index < -0.39 is 28.0 Å². The van der Waals surface area contributed by atoms with Crippen molar-refractivity contribution < 1.29 is 22.7 Å². The average molecular weight is 561 g/mol. The van der Waals surface area contributed by atoms with Gasteiger partial charge in [-0.15, -0.1) is 0 Å². The molecule has 0 aliphatic rings. The van der Waals surface area contributed by atoms with Crippen LogP contribution in [0.5, 0.6) is 0 Å². The van der Waals surface area contributed by atoms with Crippen molar-refractivity contribution in [1.29, 1.82) is 0 Å². The van der Waals surface area contributed by atoms with Gasteiger partial charge in [-0.3, -0.25) is 4.79 Å². The summed E-state index contributed by atoms with van der Waals surface area (Å²) >= 11 is 0. The number of nitrogens with one attached hydrogen (secondary N) is 1. The van der Waals surface area contributed by atoms with Crippen LogP contribution in [0.25, 0.3) is 16.9 Å². The van der Waals surface area contributed by atoms with E-state index >= 15 is 0 Å². The van der Waals surface area contributed by atoms with Crippen molar-refractivity contribution in [2.24, 2.45) is 0 Å². The minimum Gasteiger partial charge on any atom is -0.449 e. The molecule has 1 atom stereocenters. The zero-order valence-corrected chi connectivity index (χ0v) is 23.7. The van der Waals surface area contributed by atoms with Crippen LogP contribution >= 0.6 is 0 Å². The number of benzene rings is 3. The van der Waals surface area contributed by atoms with Gasteiger partial charge in [-0.1, -0.05) is 68.4 Å². The molecule has 208 valence electrons. The Kier molecular flexibility index (Phi) is 8.81. The predicted molar refractivity (Wildman–Crippen MR) is 154 cm³/mol. The highest BCUT2D eigenvalue weighted by Gasteiger charge is 2.26. The molecule has 9 nitrogen and oxygen atoms in total. The van der Waals surface area contributed by atoms with Crippen LogP contribution in [-0.4, -0.2) is 53.6 Å². The molecular formula is C30H32N4O5S. The van der Waals surface area contributed by atoms with Crippen molar-refractivity contribution in [3.05, 3.63) is 96.2 Å². The van der Waals surface area contributed by atoms with Crippen LogP contribution in [-0.2, 0) is 19.6 Å². The lowest BCUT2D eigenvalue weighted by Crippen LogP contribution is -2.32. The van der Waals surface area contributed by atoms with Crippen LogP contribution in [0.2, 0.25) is 0 Å². The van der Waals surface area contributed by atoms with Gasteiger partial charge in [0.2, 0.25) is 10.0 Å². The first-order chi connectivity index (χ1) is 19.1. The SMILES string of the molecule is CCN(CC)S(=O)(=O)c1cc(NC(=O)[C@H](C)OC(=O)c2cn(-c3ccccc3)nc2-c2ccccc2)ccc1C. The van der Waals surface area contributed by atoms with Gasteiger partial charge in [0.05, 0.1) is 10.6 Å². The molecule has 1 amide bonds. The summed E-state index contributed by atoms with van der Waals surface area (Å²) < 4.78 is 34.6. The monoisotopic (exact) mass is 560 g/mol. The number of aryl methyl sites for hydroxylation is 1. The van der Waals surface area contributed by atoms with E-state index in [1.165, 1.54) is 17.3 Å². The molecule has 0 aliphatic carbocycles. The van der Waals surface area contributed by atoms with E-state index in [2.05, 4.69) is 10.4 Å². The molecule has 0 spiro atoms. The zero-order chi connectivity index (χ0) is 28.9. The quantitative estimate of drug-likeness (QED) is 0.272. The second-order valence-electron chi connectivity index (χ2n) is 9.14. The fourth-order valence-corrected chi connectivity index (χ4v) is 5.93. The number of hydrogen-bond acceptors (Lipinski definition) is 6. The number of ether oxygens (including phenoxy) is 1. The van der Waals surface area contributed by atoms with Gasteiger partial charge in [0.25, 0.3) is 5.91 Å². The molecule has 0 saturated heterocycles. The first-order valence-electron chi connectivity index (χ1n) is 13.0. The van der Waals surface area contributed by atoms with E-state index in [1.54, 1.807) is 43.8 Å². The van der Waals surface area contributed by atoms with Crippen LogP contribution in [0.15, 0.2) is 90.0 Å². The summed E-state index contributed by atoms with van der Waals surface area (Å²) in [5.41, 5.74) is 2.96. The Morgan fingerprint density at radius 1 is 0.975 bits per heavy atom. The molecular weight excluding hydrogens is 528 g/mol. The fourth-order valence-electron chi connectivity index (χ4n) is 4.23. The van der Waals surface area contributed by atoms with E-state index in [1.807, 2.05) is 60.7 Å². The Morgan fingerprint density at radius 2 is 1.60 bits per heavy atom. The number of carbonyl (C=O) groups excluding carboxylic acids is 2. The third kappa shape index (κ3) is 6.13. The molecule has 3 aromatic carbocycles. The lowest BCUT2D eigenvalue weighted by molar-refractivity contribution is -0.123. The van der Waals surface area contributed by atoms with Gasteiger partial charge in [-0.25, -0.2) is 17.9 Å². The van der Waals surface area contributed by atoms with Crippen molar-refractivity contribution in [2.45, 2.75) is 38.7 Å². The molecule has 0 unspecified atom stereocenters. The summed E-state index contributed by atoms with van der Waals surface area (Å²) in [6.45, 7) is 7.35. The molecule has 1 heterocycles.